The first-order valence-corrected chi connectivity index (χ1v) is 6.84. The normalized spacial score (nSPS) is 19.1. The van der Waals surface area contributed by atoms with Gasteiger partial charge in [-0.15, -0.1) is 0 Å². The van der Waals surface area contributed by atoms with E-state index >= 15 is 0 Å². The predicted molar refractivity (Wildman–Crippen MR) is 74.1 cm³/mol. The molecule has 2 aromatic rings. The molecule has 0 amide bonds. The van der Waals surface area contributed by atoms with Crippen molar-refractivity contribution in [2.45, 2.75) is 37.5 Å². The number of nitrogens with zero attached hydrogens (tertiary/aromatic N) is 2. The molecule has 3 nitrogen and oxygen atoms in total. The molecule has 0 aliphatic heterocycles. The van der Waals surface area contributed by atoms with Gasteiger partial charge in [0.1, 0.15) is 5.82 Å². The van der Waals surface area contributed by atoms with Crippen molar-refractivity contribution >= 4 is 5.82 Å². The van der Waals surface area contributed by atoms with Crippen LogP contribution < -0.4 is 5.73 Å². The maximum atomic E-state index is 13.2. The van der Waals surface area contributed by atoms with Crippen LogP contribution >= 0.6 is 0 Å². The third-order valence-corrected chi connectivity index (χ3v) is 3.89. The van der Waals surface area contributed by atoms with Gasteiger partial charge in [0.05, 0.1) is 11.4 Å². The fourth-order valence-corrected chi connectivity index (χ4v) is 2.73. The molecule has 20 heavy (non-hydrogen) atoms. The average molecular weight is 277 g/mol. The zero-order chi connectivity index (χ0) is 14.2. The van der Waals surface area contributed by atoms with Crippen LogP contribution in [0, 0.1) is 0 Å². The Morgan fingerprint density at radius 3 is 2.45 bits per heavy atom. The summed E-state index contributed by atoms with van der Waals surface area (Å²) in [6.45, 7) is 0. The van der Waals surface area contributed by atoms with E-state index in [1.165, 1.54) is 0 Å². The van der Waals surface area contributed by atoms with Crippen molar-refractivity contribution in [1.29, 1.82) is 0 Å². The Labute approximate surface area is 116 Å². The quantitative estimate of drug-likeness (QED) is 0.908. The predicted octanol–water partition coefficient (Wildman–Crippen LogP) is 3.75. The standard InChI is InChI=1S/C15H17F2N3/c16-15(17)8-6-11(7-9-15)13-10-14(18)20(19-13)12-4-2-1-3-5-12/h1-5,10-11H,6-9,18H2. The van der Waals surface area contributed by atoms with Crippen molar-refractivity contribution in [2.24, 2.45) is 0 Å². The third kappa shape index (κ3) is 2.53. The van der Waals surface area contributed by atoms with Crippen LogP contribution in [0.25, 0.3) is 5.69 Å². The number of hydrogen-bond donors (Lipinski definition) is 1. The Kier molecular flexibility index (Phi) is 3.20. The van der Waals surface area contributed by atoms with Crippen molar-refractivity contribution in [1.82, 2.24) is 9.78 Å². The van der Waals surface area contributed by atoms with E-state index in [1.54, 1.807) is 10.7 Å². The molecule has 0 spiro atoms. The summed E-state index contributed by atoms with van der Waals surface area (Å²) in [5.74, 6) is -1.88. The van der Waals surface area contributed by atoms with Gasteiger partial charge in [-0.25, -0.2) is 13.5 Å². The number of aromatic nitrogens is 2. The molecule has 2 N–H and O–H groups in total. The highest BCUT2D eigenvalue weighted by Crippen LogP contribution is 2.40. The molecule has 3 rings (SSSR count). The number of rotatable bonds is 2. The van der Waals surface area contributed by atoms with Gasteiger partial charge in [0.2, 0.25) is 5.92 Å². The zero-order valence-corrected chi connectivity index (χ0v) is 11.1. The van der Waals surface area contributed by atoms with Crippen LogP contribution in [0.15, 0.2) is 36.4 Å². The second-order valence-electron chi connectivity index (χ2n) is 5.37. The topological polar surface area (TPSA) is 43.8 Å². The Balaban J connectivity index is 1.83. The number of nitrogens with two attached hydrogens (primary N) is 1. The number of halogens is 2. The highest BCUT2D eigenvalue weighted by molar-refractivity contribution is 5.43. The number of benzene rings is 1. The fourth-order valence-electron chi connectivity index (χ4n) is 2.73. The van der Waals surface area contributed by atoms with Gasteiger partial charge in [-0.2, -0.15) is 5.10 Å². The van der Waals surface area contributed by atoms with E-state index in [9.17, 15) is 8.78 Å². The van der Waals surface area contributed by atoms with Crippen LogP contribution in [0.5, 0.6) is 0 Å². The second-order valence-corrected chi connectivity index (χ2v) is 5.37. The fraction of sp³-hybridized carbons (Fsp3) is 0.400. The molecular weight excluding hydrogens is 260 g/mol. The first-order chi connectivity index (χ1) is 9.55. The molecule has 106 valence electrons. The van der Waals surface area contributed by atoms with Crippen LogP contribution in [0.3, 0.4) is 0 Å². The molecule has 0 radical (unpaired) electrons. The summed E-state index contributed by atoms with van der Waals surface area (Å²) in [5.41, 5.74) is 7.69. The Morgan fingerprint density at radius 2 is 1.80 bits per heavy atom. The molecule has 1 fully saturated rings. The van der Waals surface area contributed by atoms with Crippen LogP contribution in [0.1, 0.15) is 37.3 Å². The number of hydrogen-bond acceptors (Lipinski definition) is 2. The van der Waals surface area contributed by atoms with Gasteiger partial charge in [0, 0.05) is 24.8 Å². The first kappa shape index (κ1) is 13.1. The molecule has 0 saturated heterocycles. The molecule has 1 aliphatic carbocycles. The number of alkyl halides is 2. The van der Waals surface area contributed by atoms with Gasteiger partial charge in [-0.1, -0.05) is 18.2 Å². The Bertz CT molecular complexity index is 582. The van der Waals surface area contributed by atoms with Crippen molar-refractivity contribution in [3.05, 3.63) is 42.1 Å². The lowest BCUT2D eigenvalue weighted by Gasteiger charge is -2.26. The van der Waals surface area contributed by atoms with E-state index in [0.29, 0.717) is 18.7 Å². The number of anilines is 1. The minimum absolute atomic E-state index is 0.0598. The smallest absolute Gasteiger partial charge is 0.248 e. The third-order valence-electron chi connectivity index (χ3n) is 3.89. The van der Waals surface area contributed by atoms with E-state index in [4.69, 9.17) is 5.73 Å². The van der Waals surface area contributed by atoms with Crippen LogP contribution in [0.2, 0.25) is 0 Å². The highest BCUT2D eigenvalue weighted by Gasteiger charge is 2.36. The molecule has 5 heteroatoms. The average Bonchev–Trinajstić information content (AvgIpc) is 2.82. The SMILES string of the molecule is Nc1cc(C2CCC(F)(F)CC2)nn1-c1ccccc1. The summed E-state index contributed by atoms with van der Waals surface area (Å²) in [5, 5.41) is 4.50. The van der Waals surface area contributed by atoms with E-state index < -0.39 is 5.92 Å². The van der Waals surface area contributed by atoms with Gasteiger partial charge in [0.15, 0.2) is 0 Å². The Morgan fingerprint density at radius 1 is 1.15 bits per heavy atom. The summed E-state index contributed by atoms with van der Waals surface area (Å²) in [6.07, 6.45) is 0.821. The van der Waals surface area contributed by atoms with E-state index in [0.717, 1.165) is 11.4 Å². The minimum Gasteiger partial charge on any atom is -0.384 e. The van der Waals surface area contributed by atoms with Crippen molar-refractivity contribution in [3.8, 4) is 5.69 Å². The van der Waals surface area contributed by atoms with Crippen LogP contribution in [-0.4, -0.2) is 15.7 Å². The maximum Gasteiger partial charge on any atom is 0.248 e. The summed E-state index contributed by atoms with van der Waals surface area (Å²) in [4.78, 5) is 0. The zero-order valence-electron chi connectivity index (χ0n) is 11.1. The monoisotopic (exact) mass is 277 g/mol. The highest BCUT2D eigenvalue weighted by atomic mass is 19.3. The minimum atomic E-state index is -2.51. The Hall–Kier alpha value is -1.91. The lowest BCUT2D eigenvalue weighted by Crippen LogP contribution is -2.23. The van der Waals surface area contributed by atoms with Crippen LogP contribution in [-0.2, 0) is 0 Å². The summed E-state index contributed by atoms with van der Waals surface area (Å²) in [7, 11) is 0. The molecule has 0 unspecified atom stereocenters. The van der Waals surface area contributed by atoms with Gasteiger partial charge < -0.3 is 5.73 Å². The van der Waals surface area contributed by atoms with Crippen molar-refractivity contribution in [3.63, 3.8) is 0 Å². The molecule has 0 bridgehead atoms. The molecular formula is C15H17F2N3. The van der Waals surface area contributed by atoms with Crippen LogP contribution in [0.4, 0.5) is 14.6 Å². The second kappa shape index (κ2) is 4.89. The molecule has 1 saturated carbocycles. The molecule has 1 aliphatic rings. The van der Waals surface area contributed by atoms with E-state index in [1.807, 2.05) is 30.3 Å². The molecule has 1 aromatic carbocycles. The lowest BCUT2D eigenvalue weighted by atomic mass is 9.85. The number of para-hydroxylation sites is 1. The number of nitrogen functional groups attached to an aromatic ring is 1. The van der Waals surface area contributed by atoms with Gasteiger partial charge in [-0.05, 0) is 25.0 Å². The largest absolute Gasteiger partial charge is 0.384 e. The van der Waals surface area contributed by atoms with Crippen molar-refractivity contribution < 1.29 is 8.78 Å². The maximum absolute atomic E-state index is 13.2. The van der Waals surface area contributed by atoms with E-state index in [-0.39, 0.29) is 18.8 Å². The summed E-state index contributed by atoms with van der Waals surface area (Å²) < 4.78 is 28.1. The van der Waals surface area contributed by atoms with Gasteiger partial charge in [-0.3, -0.25) is 0 Å². The molecule has 1 aromatic heterocycles. The lowest BCUT2D eigenvalue weighted by molar-refractivity contribution is -0.0385. The molecule has 1 heterocycles. The van der Waals surface area contributed by atoms with E-state index in [2.05, 4.69) is 5.10 Å². The van der Waals surface area contributed by atoms with Gasteiger partial charge >= 0.3 is 0 Å². The summed E-state index contributed by atoms with van der Waals surface area (Å²) in [6, 6.07) is 11.4. The first-order valence-electron chi connectivity index (χ1n) is 6.84. The molecule has 0 atom stereocenters. The summed E-state index contributed by atoms with van der Waals surface area (Å²) >= 11 is 0. The van der Waals surface area contributed by atoms with Crippen molar-refractivity contribution in [2.75, 3.05) is 5.73 Å². The van der Waals surface area contributed by atoms with Gasteiger partial charge in [0.25, 0.3) is 0 Å².